The van der Waals surface area contributed by atoms with Crippen LogP contribution in [0.4, 0.5) is 4.79 Å². The number of carbonyl (C=O) groups is 3. The lowest BCUT2D eigenvalue weighted by Crippen LogP contribution is -2.32. The Kier molecular flexibility index (Phi) is 6.04. The van der Waals surface area contributed by atoms with Crippen molar-refractivity contribution in [3.63, 3.8) is 0 Å². The van der Waals surface area contributed by atoms with Crippen LogP contribution in [0.15, 0.2) is 23.1 Å². The minimum atomic E-state index is -0.599. The monoisotopic (exact) mass is 335 g/mol. The van der Waals surface area contributed by atoms with Gasteiger partial charge in [-0.25, -0.2) is 4.79 Å². The number of carbonyl (C=O) groups excluding carboxylic acids is 3. The highest BCUT2D eigenvalue weighted by Gasteiger charge is 2.29. The van der Waals surface area contributed by atoms with Gasteiger partial charge in [0, 0.05) is 23.6 Å². The van der Waals surface area contributed by atoms with E-state index in [1.807, 2.05) is 0 Å². The molecule has 2 rings (SSSR count). The molecule has 1 fully saturated rings. The van der Waals surface area contributed by atoms with Gasteiger partial charge in [0.1, 0.15) is 6.04 Å². The smallest absolute Gasteiger partial charge is 0.322 e. The molecule has 0 aromatic heterocycles. The summed E-state index contributed by atoms with van der Waals surface area (Å²) < 4.78 is 0. The first-order valence-corrected chi connectivity index (χ1v) is 8.52. The van der Waals surface area contributed by atoms with Crippen LogP contribution < -0.4 is 16.0 Å². The number of urea groups is 1. The van der Waals surface area contributed by atoms with E-state index in [0.29, 0.717) is 13.0 Å². The van der Waals surface area contributed by atoms with E-state index in [4.69, 9.17) is 0 Å². The van der Waals surface area contributed by atoms with Crippen LogP contribution in [-0.4, -0.2) is 36.2 Å². The summed E-state index contributed by atoms with van der Waals surface area (Å²) in [6.45, 7) is 4.73. The molecule has 6 nitrogen and oxygen atoms in total. The first-order chi connectivity index (χ1) is 11.0. The van der Waals surface area contributed by atoms with Crippen molar-refractivity contribution in [3.05, 3.63) is 29.3 Å². The van der Waals surface area contributed by atoms with Crippen molar-refractivity contribution in [2.75, 3.05) is 12.3 Å². The predicted molar refractivity (Wildman–Crippen MR) is 89.3 cm³/mol. The summed E-state index contributed by atoms with van der Waals surface area (Å²) in [6, 6.07) is 5.22. The molecule has 4 amide bonds. The third kappa shape index (κ3) is 5.28. The van der Waals surface area contributed by atoms with Crippen molar-refractivity contribution >= 4 is 29.6 Å². The van der Waals surface area contributed by atoms with E-state index in [9.17, 15) is 14.4 Å². The lowest BCUT2D eigenvalue weighted by atomic mass is 10.1. The second-order valence-electron chi connectivity index (χ2n) is 5.50. The molecule has 1 aromatic rings. The molecule has 1 aromatic carbocycles. The van der Waals surface area contributed by atoms with Crippen LogP contribution in [0.25, 0.3) is 0 Å². The lowest BCUT2D eigenvalue weighted by Gasteiger charge is -2.08. The molecule has 0 spiro atoms. The Morgan fingerprint density at radius 3 is 2.70 bits per heavy atom. The summed E-state index contributed by atoms with van der Waals surface area (Å²) >= 11 is 1.69. The average molecular weight is 335 g/mol. The molecule has 23 heavy (non-hydrogen) atoms. The van der Waals surface area contributed by atoms with Gasteiger partial charge in [0.05, 0.1) is 0 Å². The van der Waals surface area contributed by atoms with E-state index in [0.717, 1.165) is 5.75 Å². The van der Waals surface area contributed by atoms with Gasteiger partial charge in [0.25, 0.3) is 5.91 Å². The first kappa shape index (κ1) is 17.3. The number of amides is 4. The second-order valence-corrected chi connectivity index (χ2v) is 6.67. The maximum atomic E-state index is 11.7. The van der Waals surface area contributed by atoms with Crippen LogP contribution in [-0.2, 0) is 9.59 Å². The zero-order chi connectivity index (χ0) is 16.8. The largest absolute Gasteiger partial charge is 0.355 e. The molecular formula is C16H21N3O3S. The van der Waals surface area contributed by atoms with Gasteiger partial charge in [0.2, 0.25) is 5.91 Å². The number of imide groups is 1. The summed E-state index contributed by atoms with van der Waals surface area (Å²) in [4.78, 5) is 35.2. The molecule has 1 aliphatic rings. The molecule has 3 N–H and O–H groups in total. The van der Waals surface area contributed by atoms with Crippen molar-refractivity contribution < 1.29 is 14.4 Å². The van der Waals surface area contributed by atoms with Gasteiger partial charge in [-0.2, -0.15) is 0 Å². The average Bonchev–Trinajstić information content (AvgIpc) is 2.83. The fourth-order valence-corrected chi connectivity index (χ4v) is 3.05. The third-order valence-electron chi connectivity index (χ3n) is 3.69. The molecule has 0 aliphatic carbocycles. The zero-order valence-electron chi connectivity index (χ0n) is 13.3. The summed E-state index contributed by atoms with van der Waals surface area (Å²) in [6.07, 6.45) is 0.528. The van der Waals surface area contributed by atoms with Crippen LogP contribution in [0.5, 0.6) is 0 Å². The highest BCUT2D eigenvalue weighted by Crippen LogP contribution is 2.20. The normalized spacial score (nSPS) is 16.9. The maximum Gasteiger partial charge on any atom is 0.322 e. The van der Waals surface area contributed by atoms with E-state index in [2.05, 4.69) is 48.0 Å². The molecule has 124 valence electrons. The molecule has 1 heterocycles. The standard InChI is InChI=1S/C16H21N3O3S/c1-10-3-4-12(9-11(10)2)23-8-7-17-14(20)6-5-13-15(21)19-16(22)18-13/h3-4,9,13H,5-8H2,1-2H3,(H,17,20)(H2,18,19,21,22)/t13-/m0/s1. The minimum absolute atomic E-state index is 0.111. The van der Waals surface area contributed by atoms with Gasteiger partial charge < -0.3 is 10.6 Å². The highest BCUT2D eigenvalue weighted by molar-refractivity contribution is 7.99. The van der Waals surface area contributed by atoms with Gasteiger partial charge in [0.15, 0.2) is 0 Å². The van der Waals surface area contributed by atoms with Crippen molar-refractivity contribution in [2.24, 2.45) is 0 Å². The van der Waals surface area contributed by atoms with E-state index in [1.165, 1.54) is 16.0 Å². The van der Waals surface area contributed by atoms with Crippen molar-refractivity contribution in [1.29, 1.82) is 0 Å². The molecule has 0 unspecified atom stereocenters. The lowest BCUT2D eigenvalue weighted by molar-refractivity contribution is -0.122. The number of nitrogens with one attached hydrogen (secondary N) is 3. The minimum Gasteiger partial charge on any atom is -0.355 e. The topological polar surface area (TPSA) is 87.3 Å². The van der Waals surface area contributed by atoms with Crippen molar-refractivity contribution in [2.45, 2.75) is 37.6 Å². The molecule has 7 heteroatoms. The molecular weight excluding hydrogens is 314 g/mol. The van der Waals surface area contributed by atoms with Crippen LogP contribution >= 0.6 is 11.8 Å². The molecule has 0 radical (unpaired) electrons. The van der Waals surface area contributed by atoms with Crippen LogP contribution in [0.1, 0.15) is 24.0 Å². The predicted octanol–water partition coefficient (Wildman–Crippen LogP) is 1.50. The summed E-state index contributed by atoms with van der Waals surface area (Å²) in [5.41, 5.74) is 2.53. The number of hydrogen-bond donors (Lipinski definition) is 3. The Labute approximate surface area is 139 Å². The molecule has 0 saturated carbocycles. The van der Waals surface area contributed by atoms with E-state index >= 15 is 0 Å². The van der Waals surface area contributed by atoms with Crippen LogP contribution in [0.2, 0.25) is 0 Å². The number of thioether (sulfide) groups is 1. The number of benzene rings is 1. The SMILES string of the molecule is Cc1ccc(SCCNC(=O)CC[C@@H]2NC(=O)NC2=O)cc1C. The van der Waals surface area contributed by atoms with Crippen molar-refractivity contribution in [3.8, 4) is 0 Å². The van der Waals surface area contributed by atoms with Crippen molar-refractivity contribution in [1.82, 2.24) is 16.0 Å². The summed E-state index contributed by atoms with van der Waals surface area (Å²) in [5.74, 6) is 0.308. The number of aryl methyl sites for hydroxylation is 2. The van der Waals surface area contributed by atoms with Gasteiger partial charge in [-0.1, -0.05) is 6.07 Å². The second kappa shape index (κ2) is 8.01. The Bertz CT molecular complexity index is 619. The van der Waals surface area contributed by atoms with Crippen LogP contribution in [0.3, 0.4) is 0 Å². The fraction of sp³-hybridized carbons (Fsp3) is 0.438. The number of rotatable bonds is 7. The third-order valence-corrected chi connectivity index (χ3v) is 4.69. The van der Waals surface area contributed by atoms with Gasteiger partial charge in [-0.15, -0.1) is 11.8 Å². The molecule has 1 saturated heterocycles. The van der Waals surface area contributed by atoms with E-state index in [-0.39, 0.29) is 18.2 Å². The molecule has 1 aliphatic heterocycles. The fourth-order valence-electron chi connectivity index (χ4n) is 2.19. The van der Waals surface area contributed by atoms with E-state index in [1.54, 1.807) is 11.8 Å². The summed E-state index contributed by atoms with van der Waals surface area (Å²) in [5, 5.41) is 7.44. The zero-order valence-corrected chi connectivity index (χ0v) is 14.1. The van der Waals surface area contributed by atoms with Crippen LogP contribution in [0, 0.1) is 13.8 Å². The van der Waals surface area contributed by atoms with E-state index < -0.39 is 12.1 Å². The van der Waals surface area contributed by atoms with Gasteiger partial charge >= 0.3 is 6.03 Å². The van der Waals surface area contributed by atoms with Gasteiger partial charge in [-0.3, -0.25) is 14.9 Å². The van der Waals surface area contributed by atoms with Gasteiger partial charge in [-0.05, 0) is 43.5 Å². The Balaban J connectivity index is 1.62. The Hall–Kier alpha value is -2.02. The molecule has 0 bridgehead atoms. The first-order valence-electron chi connectivity index (χ1n) is 7.54. The maximum absolute atomic E-state index is 11.7. The Morgan fingerprint density at radius 1 is 1.26 bits per heavy atom. The Morgan fingerprint density at radius 2 is 2.04 bits per heavy atom. The highest BCUT2D eigenvalue weighted by atomic mass is 32.2. The summed E-state index contributed by atoms with van der Waals surface area (Å²) in [7, 11) is 0. The quantitative estimate of drug-likeness (QED) is 0.400. The molecule has 1 atom stereocenters. The number of hydrogen-bond acceptors (Lipinski definition) is 4.